The van der Waals surface area contributed by atoms with Crippen LogP contribution in [0.15, 0.2) is 24.3 Å². The molecule has 4 nitrogen and oxygen atoms in total. The Kier molecular flexibility index (Phi) is 4.15. The Labute approximate surface area is 126 Å². The zero-order chi connectivity index (χ0) is 14.8. The molecule has 4 heteroatoms. The van der Waals surface area contributed by atoms with Crippen LogP contribution in [0.5, 0.6) is 5.75 Å². The van der Waals surface area contributed by atoms with Crippen molar-refractivity contribution in [3.8, 4) is 5.75 Å². The van der Waals surface area contributed by atoms with Gasteiger partial charge in [-0.3, -0.25) is 10.1 Å². The van der Waals surface area contributed by atoms with Gasteiger partial charge in [0.15, 0.2) is 0 Å². The first-order chi connectivity index (χ1) is 10.2. The SMILES string of the molecule is CCOc1ccc(C2NC(C)C(=O)N2CCC2CC2)cc1. The summed E-state index contributed by atoms with van der Waals surface area (Å²) in [6.45, 7) is 5.45. The zero-order valence-corrected chi connectivity index (χ0v) is 12.8. The van der Waals surface area contributed by atoms with Crippen molar-refractivity contribution in [2.75, 3.05) is 13.2 Å². The minimum Gasteiger partial charge on any atom is -0.494 e. The maximum atomic E-state index is 12.3. The van der Waals surface area contributed by atoms with Crippen LogP contribution in [0, 0.1) is 5.92 Å². The lowest BCUT2D eigenvalue weighted by atomic mass is 10.1. The van der Waals surface area contributed by atoms with Crippen molar-refractivity contribution in [2.24, 2.45) is 5.92 Å². The summed E-state index contributed by atoms with van der Waals surface area (Å²) in [6, 6.07) is 7.97. The molecule has 114 valence electrons. The molecule has 2 unspecified atom stereocenters. The lowest BCUT2D eigenvalue weighted by Gasteiger charge is -2.24. The molecular weight excluding hydrogens is 264 g/mol. The van der Waals surface area contributed by atoms with Crippen LogP contribution in [0.3, 0.4) is 0 Å². The molecule has 0 radical (unpaired) electrons. The van der Waals surface area contributed by atoms with E-state index in [1.54, 1.807) is 0 Å². The van der Waals surface area contributed by atoms with Gasteiger partial charge in [0.1, 0.15) is 11.9 Å². The molecule has 3 rings (SSSR count). The summed E-state index contributed by atoms with van der Waals surface area (Å²) >= 11 is 0. The lowest BCUT2D eigenvalue weighted by molar-refractivity contribution is -0.129. The molecule has 0 bridgehead atoms. The smallest absolute Gasteiger partial charge is 0.241 e. The molecule has 1 amide bonds. The van der Waals surface area contributed by atoms with E-state index in [2.05, 4.69) is 17.4 Å². The number of ether oxygens (including phenoxy) is 1. The maximum Gasteiger partial charge on any atom is 0.241 e. The Morgan fingerprint density at radius 2 is 2.00 bits per heavy atom. The third-order valence-corrected chi connectivity index (χ3v) is 4.36. The monoisotopic (exact) mass is 288 g/mol. The zero-order valence-electron chi connectivity index (χ0n) is 12.8. The third kappa shape index (κ3) is 3.21. The quantitative estimate of drug-likeness (QED) is 0.875. The molecule has 2 aliphatic rings. The van der Waals surface area contributed by atoms with Crippen LogP contribution in [0.25, 0.3) is 0 Å². The van der Waals surface area contributed by atoms with Gasteiger partial charge in [-0.2, -0.15) is 0 Å². The minimum absolute atomic E-state index is 0.00178. The van der Waals surface area contributed by atoms with Gasteiger partial charge in [0.05, 0.1) is 12.6 Å². The van der Waals surface area contributed by atoms with Gasteiger partial charge in [0, 0.05) is 6.54 Å². The molecule has 1 aliphatic carbocycles. The largest absolute Gasteiger partial charge is 0.494 e. The first-order valence-electron chi connectivity index (χ1n) is 7.98. The molecule has 1 saturated heterocycles. The number of carbonyl (C=O) groups is 1. The maximum absolute atomic E-state index is 12.3. The van der Waals surface area contributed by atoms with E-state index in [0.717, 1.165) is 30.2 Å². The third-order valence-electron chi connectivity index (χ3n) is 4.36. The van der Waals surface area contributed by atoms with Crippen LogP contribution in [-0.4, -0.2) is 30.0 Å². The minimum atomic E-state index is -0.0965. The predicted octanol–water partition coefficient (Wildman–Crippen LogP) is 2.70. The van der Waals surface area contributed by atoms with E-state index in [4.69, 9.17) is 4.74 Å². The van der Waals surface area contributed by atoms with Crippen molar-refractivity contribution in [3.05, 3.63) is 29.8 Å². The van der Waals surface area contributed by atoms with Crippen LogP contribution in [-0.2, 0) is 4.79 Å². The fourth-order valence-electron chi connectivity index (χ4n) is 2.93. The van der Waals surface area contributed by atoms with Gasteiger partial charge >= 0.3 is 0 Å². The Morgan fingerprint density at radius 3 is 2.62 bits per heavy atom. The number of carbonyl (C=O) groups excluding carboxylic acids is 1. The average molecular weight is 288 g/mol. The fourth-order valence-corrected chi connectivity index (χ4v) is 2.93. The number of hydrogen-bond acceptors (Lipinski definition) is 3. The highest BCUT2D eigenvalue weighted by Crippen LogP contribution is 2.34. The molecule has 0 aromatic heterocycles. The van der Waals surface area contributed by atoms with E-state index < -0.39 is 0 Å². The fraction of sp³-hybridized carbons (Fsp3) is 0.588. The van der Waals surface area contributed by atoms with E-state index in [-0.39, 0.29) is 18.1 Å². The van der Waals surface area contributed by atoms with Crippen molar-refractivity contribution < 1.29 is 9.53 Å². The molecule has 1 N–H and O–H groups in total. The number of nitrogens with zero attached hydrogens (tertiary/aromatic N) is 1. The molecule has 1 aromatic carbocycles. The molecule has 21 heavy (non-hydrogen) atoms. The number of hydrogen-bond donors (Lipinski definition) is 1. The van der Waals surface area contributed by atoms with Gasteiger partial charge in [-0.1, -0.05) is 25.0 Å². The van der Waals surface area contributed by atoms with Crippen LogP contribution in [0.1, 0.15) is 44.8 Å². The predicted molar refractivity (Wildman–Crippen MR) is 82.0 cm³/mol. The number of benzene rings is 1. The van der Waals surface area contributed by atoms with Gasteiger partial charge in [-0.05, 0) is 43.9 Å². The summed E-state index contributed by atoms with van der Waals surface area (Å²) < 4.78 is 5.48. The molecular formula is C17H24N2O2. The van der Waals surface area contributed by atoms with Crippen LogP contribution >= 0.6 is 0 Å². The summed E-state index contributed by atoms with van der Waals surface area (Å²) in [5.41, 5.74) is 1.13. The molecule has 1 aromatic rings. The average Bonchev–Trinajstić information content (AvgIpc) is 3.27. The van der Waals surface area contributed by atoms with Gasteiger partial charge in [-0.25, -0.2) is 0 Å². The second-order valence-electron chi connectivity index (χ2n) is 6.06. The second kappa shape index (κ2) is 6.06. The molecule has 1 heterocycles. The first-order valence-corrected chi connectivity index (χ1v) is 7.98. The van der Waals surface area contributed by atoms with E-state index in [1.807, 2.05) is 30.9 Å². The Morgan fingerprint density at radius 1 is 1.29 bits per heavy atom. The molecule has 1 saturated carbocycles. The Hall–Kier alpha value is -1.55. The Balaban J connectivity index is 1.72. The van der Waals surface area contributed by atoms with E-state index in [9.17, 15) is 4.79 Å². The highest BCUT2D eigenvalue weighted by Gasteiger charge is 2.37. The van der Waals surface area contributed by atoms with E-state index >= 15 is 0 Å². The highest BCUT2D eigenvalue weighted by atomic mass is 16.5. The van der Waals surface area contributed by atoms with Gasteiger partial charge in [0.2, 0.25) is 5.91 Å². The summed E-state index contributed by atoms with van der Waals surface area (Å²) in [6.07, 6.45) is 3.80. The van der Waals surface area contributed by atoms with Crippen molar-refractivity contribution in [1.82, 2.24) is 10.2 Å². The van der Waals surface area contributed by atoms with Crippen LogP contribution in [0.2, 0.25) is 0 Å². The summed E-state index contributed by atoms with van der Waals surface area (Å²) in [7, 11) is 0. The number of amides is 1. The molecule has 2 fully saturated rings. The first kappa shape index (κ1) is 14.4. The standard InChI is InChI=1S/C17H24N2O2/c1-3-21-15-8-6-14(7-9-15)16-18-12(2)17(20)19(16)11-10-13-4-5-13/h6-9,12-13,16,18H,3-5,10-11H2,1-2H3. The summed E-state index contributed by atoms with van der Waals surface area (Å²) in [5.74, 6) is 1.94. The van der Waals surface area contributed by atoms with Gasteiger partial charge in [0.25, 0.3) is 0 Å². The van der Waals surface area contributed by atoms with Crippen LogP contribution < -0.4 is 10.1 Å². The summed E-state index contributed by atoms with van der Waals surface area (Å²) in [4.78, 5) is 14.3. The highest BCUT2D eigenvalue weighted by molar-refractivity contribution is 5.84. The Bertz CT molecular complexity index is 496. The molecule has 2 atom stereocenters. The van der Waals surface area contributed by atoms with Crippen molar-refractivity contribution >= 4 is 5.91 Å². The van der Waals surface area contributed by atoms with Gasteiger partial charge < -0.3 is 9.64 Å². The summed E-state index contributed by atoms with van der Waals surface area (Å²) in [5, 5.41) is 3.40. The van der Waals surface area contributed by atoms with Crippen molar-refractivity contribution in [2.45, 2.75) is 45.3 Å². The van der Waals surface area contributed by atoms with Gasteiger partial charge in [-0.15, -0.1) is 0 Å². The van der Waals surface area contributed by atoms with Crippen molar-refractivity contribution in [1.29, 1.82) is 0 Å². The molecule has 1 aliphatic heterocycles. The normalized spacial score (nSPS) is 25.4. The molecule has 0 spiro atoms. The second-order valence-corrected chi connectivity index (χ2v) is 6.06. The lowest BCUT2D eigenvalue weighted by Crippen LogP contribution is -2.31. The van der Waals surface area contributed by atoms with Crippen molar-refractivity contribution in [3.63, 3.8) is 0 Å². The number of rotatable bonds is 6. The van der Waals surface area contributed by atoms with Crippen LogP contribution in [0.4, 0.5) is 0 Å². The van der Waals surface area contributed by atoms with E-state index in [1.165, 1.54) is 12.8 Å². The number of nitrogens with one attached hydrogen (secondary N) is 1. The topological polar surface area (TPSA) is 41.6 Å². The van der Waals surface area contributed by atoms with E-state index in [0.29, 0.717) is 6.61 Å².